The number of benzene rings is 1. The molecule has 1 aliphatic rings. The summed E-state index contributed by atoms with van der Waals surface area (Å²) in [6, 6.07) is 12.5. The Morgan fingerprint density at radius 3 is 2.38 bits per heavy atom. The van der Waals surface area contributed by atoms with Gasteiger partial charge in [0.05, 0.1) is 17.0 Å². The summed E-state index contributed by atoms with van der Waals surface area (Å²) in [7, 11) is 0. The molecule has 1 heterocycles. The lowest BCUT2D eigenvalue weighted by molar-refractivity contribution is -0.141. The Hall–Kier alpha value is -2.69. The molecule has 124 valence electrons. The van der Waals surface area contributed by atoms with Crippen LogP contribution in [-0.2, 0) is 4.79 Å². The Morgan fingerprint density at radius 1 is 1.17 bits per heavy atom. The maximum atomic E-state index is 12.9. The van der Waals surface area contributed by atoms with Crippen LogP contribution in [0, 0.1) is 6.92 Å². The lowest BCUT2D eigenvalue weighted by Crippen LogP contribution is -2.45. The standard InChI is InChI=1S/C19H20N2O3/c1-12-16(10-11-17(20-12)14-6-4-3-5-7-14)18(22)21(15-8-9-15)13(2)19(23)24/h3-7,10-11,13,15H,8-9H2,1-2H3,(H,23,24). The second-order valence-electron chi connectivity index (χ2n) is 6.15. The van der Waals surface area contributed by atoms with Gasteiger partial charge in [-0.15, -0.1) is 0 Å². The molecular formula is C19H20N2O3. The Balaban J connectivity index is 1.91. The zero-order valence-electron chi connectivity index (χ0n) is 13.8. The van der Waals surface area contributed by atoms with Crippen LogP contribution in [0.3, 0.4) is 0 Å². The van der Waals surface area contributed by atoms with Crippen LogP contribution in [0.15, 0.2) is 42.5 Å². The first-order chi connectivity index (χ1) is 11.5. The molecule has 0 radical (unpaired) electrons. The fourth-order valence-electron chi connectivity index (χ4n) is 2.83. The monoisotopic (exact) mass is 324 g/mol. The van der Waals surface area contributed by atoms with Crippen LogP contribution in [0.5, 0.6) is 0 Å². The highest BCUT2D eigenvalue weighted by Gasteiger charge is 2.39. The van der Waals surface area contributed by atoms with Gasteiger partial charge in [-0.05, 0) is 38.8 Å². The lowest BCUT2D eigenvalue weighted by Gasteiger charge is -2.27. The van der Waals surface area contributed by atoms with Gasteiger partial charge in [-0.1, -0.05) is 30.3 Å². The van der Waals surface area contributed by atoms with E-state index in [4.69, 9.17) is 0 Å². The number of carboxylic acid groups (broad SMARTS) is 1. The first-order valence-corrected chi connectivity index (χ1v) is 8.07. The Morgan fingerprint density at radius 2 is 1.83 bits per heavy atom. The molecule has 2 aromatic rings. The van der Waals surface area contributed by atoms with Crippen molar-refractivity contribution in [1.29, 1.82) is 0 Å². The Kier molecular flexibility index (Phi) is 4.34. The number of carboxylic acids is 1. The normalized spacial score (nSPS) is 14.9. The molecule has 5 heteroatoms. The highest BCUT2D eigenvalue weighted by Crippen LogP contribution is 2.31. The molecule has 1 atom stereocenters. The third-order valence-electron chi connectivity index (χ3n) is 4.34. The van der Waals surface area contributed by atoms with Crippen LogP contribution >= 0.6 is 0 Å². The number of amides is 1. The van der Waals surface area contributed by atoms with Gasteiger partial charge in [-0.3, -0.25) is 9.78 Å². The molecule has 5 nitrogen and oxygen atoms in total. The maximum absolute atomic E-state index is 12.9. The van der Waals surface area contributed by atoms with Gasteiger partial charge in [0.2, 0.25) is 0 Å². The van der Waals surface area contributed by atoms with E-state index in [0.717, 1.165) is 24.1 Å². The van der Waals surface area contributed by atoms with E-state index in [1.54, 1.807) is 19.9 Å². The van der Waals surface area contributed by atoms with Crippen molar-refractivity contribution >= 4 is 11.9 Å². The molecule has 1 aromatic heterocycles. The van der Waals surface area contributed by atoms with Gasteiger partial charge in [-0.25, -0.2) is 4.79 Å². The Labute approximate surface area is 140 Å². The number of carbonyl (C=O) groups excluding carboxylic acids is 1. The molecule has 3 rings (SSSR count). The summed E-state index contributed by atoms with van der Waals surface area (Å²) in [6.45, 7) is 3.34. The molecule has 1 N–H and O–H groups in total. The summed E-state index contributed by atoms with van der Waals surface area (Å²) in [4.78, 5) is 30.2. The van der Waals surface area contributed by atoms with E-state index in [2.05, 4.69) is 4.98 Å². The molecule has 1 fully saturated rings. The van der Waals surface area contributed by atoms with E-state index < -0.39 is 12.0 Å². The number of pyridine rings is 1. The van der Waals surface area contributed by atoms with E-state index in [1.165, 1.54) is 4.90 Å². The van der Waals surface area contributed by atoms with Crippen molar-refractivity contribution in [1.82, 2.24) is 9.88 Å². The number of nitrogens with zero attached hydrogens (tertiary/aromatic N) is 2. The summed E-state index contributed by atoms with van der Waals surface area (Å²) < 4.78 is 0. The fraction of sp³-hybridized carbons (Fsp3) is 0.316. The van der Waals surface area contributed by atoms with Gasteiger partial charge in [0.15, 0.2) is 0 Å². The van der Waals surface area contributed by atoms with Gasteiger partial charge in [-0.2, -0.15) is 0 Å². The molecule has 0 aliphatic heterocycles. The second-order valence-corrected chi connectivity index (χ2v) is 6.15. The van der Waals surface area contributed by atoms with E-state index in [-0.39, 0.29) is 11.9 Å². The zero-order valence-corrected chi connectivity index (χ0v) is 13.8. The topological polar surface area (TPSA) is 70.5 Å². The highest BCUT2D eigenvalue weighted by atomic mass is 16.4. The van der Waals surface area contributed by atoms with E-state index in [1.807, 2.05) is 36.4 Å². The second kappa shape index (κ2) is 6.43. The number of aryl methyl sites for hydroxylation is 1. The number of hydrogen-bond acceptors (Lipinski definition) is 3. The molecule has 0 saturated heterocycles. The SMILES string of the molecule is Cc1nc(-c2ccccc2)ccc1C(=O)N(C1CC1)C(C)C(=O)O. The molecule has 0 bridgehead atoms. The van der Waals surface area contributed by atoms with Crippen molar-refractivity contribution in [2.75, 3.05) is 0 Å². The van der Waals surface area contributed by atoms with Crippen molar-refractivity contribution < 1.29 is 14.7 Å². The molecule has 1 aromatic carbocycles. The summed E-state index contributed by atoms with van der Waals surface area (Å²) in [5, 5.41) is 9.28. The lowest BCUT2D eigenvalue weighted by atomic mass is 10.1. The average Bonchev–Trinajstić information content (AvgIpc) is 3.40. The molecule has 24 heavy (non-hydrogen) atoms. The van der Waals surface area contributed by atoms with E-state index >= 15 is 0 Å². The first kappa shape index (κ1) is 16.2. The van der Waals surface area contributed by atoms with Crippen molar-refractivity contribution in [3.05, 3.63) is 53.7 Å². The number of aromatic nitrogens is 1. The number of aliphatic carboxylic acids is 1. The van der Waals surface area contributed by atoms with Crippen LogP contribution in [0.4, 0.5) is 0 Å². The molecule has 0 spiro atoms. The van der Waals surface area contributed by atoms with Crippen molar-refractivity contribution in [2.24, 2.45) is 0 Å². The predicted molar refractivity (Wildman–Crippen MR) is 90.7 cm³/mol. The highest BCUT2D eigenvalue weighted by molar-refractivity contribution is 5.98. The number of rotatable bonds is 5. The van der Waals surface area contributed by atoms with Crippen LogP contribution in [0.1, 0.15) is 35.8 Å². The van der Waals surface area contributed by atoms with Crippen molar-refractivity contribution in [2.45, 2.75) is 38.8 Å². The van der Waals surface area contributed by atoms with Gasteiger partial charge in [0.1, 0.15) is 6.04 Å². The third kappa shape index (κ3) is 3.15. The van der Waals surface area contributed by atoms with Gasteiger partial charge in [0, 0.05) is 11.6 Å². The summed E-state index contributed by atoms with van der Waals surface area (Å²) in [5.41, 5.74) is 2.87. The Bertz CT molecular complexity index is 769. The molecule has 1 aliphatic carbocycles. The van der Waals surface area contributed by atoms with Gasteiger partial charge < -0.3 is 10.0 Å². The average molecular weight is 324 g/mol. The summed E-state index contributed by atoms with van der Waals surface area (Å²) in [6.07, 6.45) is 1.72. The minimum Gasteiger partial charge on any atom is -0.480 e. The van der Waals surface area contributed by atoms with Crippen LogP contribution < -0.4 is 0 Å². The largest absolute Gasteiger partial charge is 0.480 e. The smallest absolute Gasteiger partial charge is 0.326 e. The molecule has 1 saturated carbocycles. The number of carbonyl (C=O) groups is 2. The zero-order chi connectivity index (χ0) is 17.3. The van der Waals surface area contributed by atoms with E-state index in [0.29, 0.717) is 11.3 Å². The fourth-order valence-corrected chi connectivity index (χ4v) is 2.83. The first-order valence-electron chi connectivity index (χ1n) is 8.07. The molecular weight excluding hydrogens is 304 g/mol. The van der Waals surface area contributed by atoms with E-state index in [9.17, 15) is 14.7 Å². The molecule has 1 unspecified atom stereocenters. The minimum atomic E-state index is -0.984. The van der Waals surface area contributed by atoms with Crippen molar-refractivity contribution in [3.63, 3.8) is 0 Å². The quantitative estimate of drug-likeness (QED) is 0.917. The summed E-state index contributed by atoms with van der Waals surface area (Å²) >= 11 is 0. The van der Waals surface area contributed by atoms with Gasteiger partial charge in [0.25, 0.3) is 5.91 Å². The van der Waals surface area contributed by atoms with Crippen molar-refractivity contribution in [3.8, 4) is 11.3 Å². The van der Waals surface area contributed by atoms with Gasteiger partial charge >= 0.3 is 5.97 Å². The molecule has 1 amide bonds. The maximum Gasteiger partial charge on any atom is 0.326 e. The predicted octanol–water partition coefficient (Wildman–Crippen LogP) is 3.13. The third-order valence-corrected chi connectivity index (χ3v) is 4.34. The van der Waals surface area contributed by atoms with Crippen LogP contribution in [0.25, 0.3) is 11.3 Å². The van der Waals surface area contributed by atoms with Crippen LogP contribution in [-0.4, -0.2) is 39.0 Å². The number of hydrogen-bond donors (Lipinski definition) is 1. The minimum absolute atomic E-state index is 0.0248. The summed E-state index contributed by atoms with van der Waals surface area (Å²) in [5.74, 6) is -1.24. The van der Waals surface area contributed by atoms with Crippen LogP contribution in [0.2, 0.25) is 0 Å².